The quantitative estimate of drug-likeness (QED) is 0.788. The summed E-state index contributed by atoms with van der Waals surface area (Å²) < 4.78 is 31.7. The number of carboxylic acids is 1. The summed E-state index contributed by atoms with van der Waals surface area (Å²) in [5.41, 5.74) is 0.871. The number of hydrogen-bond donors (Lipinski definition) is 2. The van der Waals surface area contributed by atoms with Crippen LogP contribution >= 0.6 is 0 Å². The summed E-state index contributed by atoms with van der Waals surface area (Å²) in [5, 5.41) is 9.03. The molecule has 1 saturated heterocycles. The number of aryl methyl sites for hydroxylation is 1. The first-order valence-electron chi connectivity index (χ1n) is 6.26. The van der Waals surface area contributed by atoms with Crippen molar-refractivity contribution in [3.63, 3.8) is 0 Å². The van der Waals surface area contributed by atoms with Crippen LogP contribution in [-0.2, 0) is 19.6 Å². The first-order chi connectivity index (χ1) is 9.72. The van der Waals surface area contributed by atoms with Gasteiger partial charge in [-0.2, -0.15) is 4.72 Å². The zero-order valence-electron chi connectivity index (χ0n) is 11.5. The lowest BCUT2D eigenvalue weighted by atomic mass is 10.1. The summed E-state index contributed by atoms with van der Waals surface area (Å²) >= 11 is 0. The van der Waals surface area contributed by atoms with Crippen LogP contribution in [0.1, 0.15) is 27.9 Å². The van der Waals surface area contributed by atoms with Gasteiger partial charge in [-0.1, -0.05) is 0 Å². The van der Waals surface area contributed by atoms with Gasteiger partial charge in [-0.3, -0.25) is 4.79 Å². The lowest BCUT2D eigenvalue weighted by Crippen LogP contribution is -2.38. The van der Waals surface area contributed by atoms with Crippen molar-refractivity contribution in [2.45, 2.75) is 31.2 Å². The van der Waals surface area contributed by atoms with Gasteiger partial charge in [-0.25, -0.2) is 13.2 Å². The number of aromatic carboxylic acids is 1. The minimum atomic E-state index is -4.00. The van der Waals surface area contributed by atoms with Crippen LogP contribution in [0.15, 0.2) is 17.0 Å². The molecule has 1 aromatic carbocycles. The van der Waals surface area contributed by atoms with Gasteiger partial charge < -0.3 is 9.84 Å². The Morgan fingerprint density at radius 3 is 2.57 bits per heavy atom. The van der Waals surface area contributed by atoms with Gasteiger partial charge in [0.05, 0.1) is 17.1 Å². The number of carboxylic acid groups (broad SMARTS) is 1. The molecule has 1 unspecified atom stereocenters. The minimum absolute atomic E-state index is 0.118. The van der Waals surface area contributed by atoms with Crippen molar-refractivity contribution >= 4 is 22.0 Å². The molecule has 1 aliphatic rings. The second kappa shape index (κ2) is 5.45. The molecule has 0 amide bonds. The molecular weight excluding hydrogens is 298 g/mol. The van der Waals surface area contributed by atoms with Crippen LogP contribution in [0.2, 0.25) is 0 Å². The van der Waals surface area contributed by atoms with E-state index in [1.165, 1.54) is 6.07 Å². The number of carbonyl (C=O) groups excluding carboxylic acids is 1. The lowest BCUT2D eigenvalue weighted by molar-refractivity contribution is -0.139. The Morgan fingerprint density at radius 2 is 2.05 bits per heavy atom. The highest BCUT2D eigenvalue weighted by Gasteiger charge is 2.32. The highest BCUT2D eigenvalue weighted by atomic mass is 32.2. The molecule has 0 radical (unpaired) electrons. The summed E-state index contributed by atoms with van der Waals surface area (Å²) in [6.07, 6.45) is 0.259. The normalized spacial score (nSPS) is 18.6. The number of nitrogens with one attached hydrogen (secondary N) is 1. The highest BCUT2D eigenvalue weighted by Crippen LogP contribution is 2.22. The Balaban J connectivity index is 2.44. The number of ether oxygens (including phenoxy) is 1. The lowest BCUT2D eigenvalue weighted by Gasteiger charge is -2.14. The largest absolute Gasteiger partial charge is 0.478 e. The van der Waals surface area contributed by atoms with Crippen LogP contribution in [0.5, 0.6) is 0 Å². The molecule has 1 aliphatic heterocycles. The number of cyclic esters (lactones) is 1. The standard InChI is InChI=1S/C13H15NO6S/c1-7-5-9(12(15)16)6-11(8(7)2)21(18,19)14-10-3-4-20-13(10)17/h5-6,10,14H,3-4H2,1-2H3,(H,15,16). The molecular formula is C13H15NO6S. The van der Waals surface area contributed by atoms with E-state index in [1.807, 2.05) is 0 Å². The molecule has 7 nitrogen and oxygen atoms in total. The van der Waals surface area contributed by atoms with E-state index in [-0.39, 0.29) is 23.5 Å². The Bertz CT molecular complexity index is 710. The maximum Gasteiger partial charge on any atom is 0.335 e. The molecule has 0 aliphatic carbocycles. The van der Waals surface area contributed by atoms with Crippen LogP contribution in [0, 0.1) is 13.8 Å². The first-order valence-corrected chi connectivity index (χ1v) is 7.74. The van der Waals surface area contributed by atoms with E-state index in [4.69, 9.17) is 9.84 Å². The maximum atomic E-state index is 12.4. The van der Waals surface area contributed by atoms with E-state index in [0.29, 0.717) is 11.1 Å². The van der Waals surface area contributed by atoms with Crippen LogP contribution < -0.4 is 4.72 Å². The van der Waals surface area contributed by atoms with Gasteiger partial charge in [0.2, 0.25) is 10.0 Å². The van der Waals surface area contributed by atoms with Crippen LogP contribution in [0.3, 0.4) is 0 Å². The van der Waals surface area contributed by atoms with Crippen molar-refractivity contribution in [3.05, 3.63) is 28.8 Å². The van der Waals surface area contributed by atoms with E-state index in [2.05, 4.69) is 4.72 Å². The molecule has 0 spiro atoms. The van der Waals surface area contributed by atoms with Crippen molar-refractivity contribution in [2.75, 3.05) is 6.61 Å². The molecule has 1 aromatic rings. The molecule has 0 bridgehead atoms. The van der Waals surface area contributed by atoms with E-state index < -0.39 is 28.0 Å². The summed E-state index contributed by atoms with van der Waals surface area (Å²) in [7, 11) is -4.00. The Hall–Kier alpha value is -1.93. The molecule has 8 heteroatoms. The number of benzene rings is 1. The van der Waals surface area contributed by atoms with Gasteiger partial charge in [0.1, 0.15) is 6.04 Å². The maximum absolute atomic E-state index is 12.4. The molecule has 0 aromatic heterocycles. The van der Waals surface area contributed by atoms with Crippen LogP contribution in [0.4, 0.5) is 0 Å². The zero-order chi connectivity index (χ0) is 15.8. The minimum Gasteiger partial charge on any atom is -0.478 e. The van der Waals surface area contributed by atoms with E-state index in [0.717, 1.165) is 6.07 Å². The van der Waals surface area contributed by atoms with Gasteiger partial charge in [-0.15, -0.1) is 0 Å². The molecule has 0 saturated carbocycles. The van der Waals surface area contributed by atoms with Crippen molar-refractivity contribution in [1.82, 2.24) is 4.72 Å². The predicted octanol–water partition coefficient (Wildman–Crippen LogP) is 0.595. The molecule has 114 valence electrons. The van der Waals surface area contributed by atoms with Crippen molar-refractivity contribution in [2.24, 2.45) is 0 Å². The predicted molar refractivity (Wildman–Crippen MR) is 72.6 cm³/mol. The Morgan fingerprint density at radius 1 is 1.38 bits per heavy atom. The molecule has 1 fully saturated rings. The summed E-state index contributed by atoms with van der Waals surface area (Å²) in [5.74, 6) is -1.84. The number of esters is 1. The monoisotopic (exact) mass is 313 g/mol. The molecule has 2 N–H and O–H groups in total. The Kier molecular flexibility index (Phi) is 4.02. The summed E-state index contributed by atoms with van der Waals surface area (Å²) in [6, 6.07) is 1.57. The van der Waals surface area contributed by atoms with Gasteiger partial charge in [-0.05, 0) is 37.1 Å². The summed E-state index contributed by atoms with van der Waals surface area (Å²) in [4.78, 5) is 22.3. The van der Waals surface area contributed by atoms with Gasteiger partial charge in [0, 0.05) is 6.42 Å². The van der Waals surface area contributed by atoms with Gasteiger partial charge in [0.25, 0.3) is 0 Å². The average molecular weight is 313 g/mol. The first kappa shape index (κ1) is 15.5. The number of sulfonamides is 1. The smallest absolute Gasteiger partial charge is 0.335 e. The van der Waals surface area contributed by atoms with Gasteiger partial charge >= 0.3 is 11.9 Å². The molecule has 2 rings (SSSR count). The fourth-order valence-electron chi connectivity index (χ4n) is 2.08. The van der Waals surface area contributed by atoms with Crippen LogP contribution in [-0.4, -0.2) is 38.1 Å². The number of carbonyl (C=O) groups is 2. The van der Waals surface area contributed by atoms with E-state index in [1.54, 1.807) is 13.8 Å². The average Bonchev–Trinajstić information content (AvgIpc) is 2.77. The number of hydrogen-bond acceptors (Lipinski definition) is 5. The van der Waals surface area contributed by atoms with Crippen molar-refractivity contribution in [1.29, 1.82) is 0 Å². The molecule has 1 atom stereocenters. The van der Waals surface area contributed by atoms with Gasteiger partial charge in [0.15, 0.2) is 0 Å². The molecule has 1 heterocycles. The second-order valence-corrected chi connectivity index (χ2v) is 6.53. The SMILES string of the molecule is Cc1cc(C(=O)O)cc(S(=O)(=O)NC2CCOC2=O)c1C. The Labute approximate surface area is 122 Å². The van der Waals surface area contributed by atoms with Crippen molar-refractivity contribution < 1.29 is 27.9 Å². The third-order valence-corrected chi connectivity index (χ3v) is 4.99. The van der Waals surface area contributed by atoms with E-state index >= 15 is 0 Å². The fourth-order valence-corrected chi connectivity index (χ4v) is 3.65. The fraction of sp³-hybridized carbons (Fsp3) is 0.385. The number of rotatable bonds is 4. The molecule has 21 heavy (non-hydrogen) atoms. The second-order valence-electron chi connectivity index (χ2n) is 4.85. The van der Waals surface area contributed by atoms with E-state index in [9.17, 15) is 18.0 Å². The topological polar surface area (TPSA) is 110 Å². The zero-order valence-corrected chi connectivity index (χ0v) is 12.4. The third kappa shape index (κ3) is 3.06. The third-order valence-electron chi connectivity index (χ3n) is 3.39. The van der Waals surface area contributed by atoms with Crippen molar-refractivity contribution in [3.8, 4) is 0 Å². The highest BCUT2D eigenvalue weighted by molar-refractivity contribution is 7.89. The van der Waals surface area contributed by atoms with Crippen LogP contribution in [0.25, 0.3) is 0 Å². The summed E-state index contributed by atoms with van der Waals surface area (Å²) in [6.45, 7) is 3.38.